The number of hydrogen-bond acceptors (Lipinski definition) is 5. The number of carbonyl (C=O) groups excluding carboxylic acids is 1. The van der Waals surface area contributed by atoms with Crippen molar-refractivity contribution < 1.29 is 13.2 Å². The molecule has 1 aromatic heterocycles. The van der Waals surface area contributed by atoms with Crippen LogP contribution in [0.2, 0.25) is 0 Å². The Kier molecular flexibility index (Phi) is 6.46. The van der Waals surface area contributed by atoms with E-state index in [1.807, 2.05) is 0 Å². The molecule has 1 aliphatic rings. The van der Waals surface area contributed by atoms with E-state index >= 15 is 0 Å². The second kappa shape index (κ2) is 8.83. The lowest BCUT2D eigenvalue weighted by Crippen LogP contribution is -2.31. The maximum Gasteiger partial charge on any atom is 0.251 e. The van der Waals surface area contributed by atoms with Crippen LogP contribution >= 0.6 is 0 Å². The number of nitrogens with one attached hydrogen (secondary N) is 2. The van der Waals surface area contributed by atoms with E-state index in [0.717, 1.165) is 37.5 Å². The van der Waals surface area contributed by atoms with Crippen molar-refractivity contribution in [1.29, 1.82) is 0 Å². The van der Waals surface area contributed by atoms with E-state index in [0.29, 0.717) is 18.5 Å². The third-order valence-corrected chi connectivity index (χ3v) is 6.27. The number of sulfonamides is 1. The van der Waals surface area contributed by atoms with Gasteiger partial charge in [-0.3, -0.25) is 4.79 Å². The number of nitrogens with zero attached hydrogens (tertiary/aromatic N) is 3. The van der Waals surface area contributed by atoms with Gasteiger partial charge in [-0.1, -0.05) is 12.5 Å². The molecular formula is C19H27N5O3S. The fourth-order valence-corrected chi connectivity index (χ4v) is 4.60. The lowest BCUT2D eigenvalue weighted by Gasteiger charge is -2.11. The average Bonchev–Trinajstić information content (AvgIpc) is 2.87. The molecule has 8 nitrogen and oxygen atoms in total. The molecular weight excluding hydrogens is 378 g/mol. The highest BCUT2D eigenvalue weighted by Gasteiger charge is 2.18. The number of aryl methyl sites for hydroxylation is 1. The van der Waals surface area contributed by atoms with Gasteiger partial charge in [-0.25, -0.2) is 13.1 Å². The molecule has 1 aromatic carbocycles. The van der Waals surface area contributed by atoms with E-state index in [9.17, 15) is 13.2 Å². The van der Waals surface area contributed by atoms with E-state index < -0.39 is 10.0 Å². The molecule has 0 radical (unpaired) electrons. The van der Waals surface area contributed by atoms with Crippen molar-refractivity contribution in [2.45, 2.75) is 63.4 Å². The third-order valence-electron chi connectivity index (χ3n) is 4.62. The Bertz CT molecular complexity index is 937. The molecule has 3 rings (SSSR count). The van der Waals surface area contributed by atoms with Crippen molar-refractivity contribution in [2.24, 2.45) is 0 Å². The average molecular weight is 406 g/mol. The normalized spacial score (nSPS) is 14.5. The van der Waals surface area contributed by atoms with E-state index in [1.54, 1.807) is 26.0 Å². The largest absolute Gasteiger partial charge is 0.352 e. The summed E-state index contributed by atoms with van der Waals surface area (Å²) >= 11 is 0. The van der Waals surface area contributed by atoms with Gasteiger partial charge >= 0.3 is 0 Å². The molecule has 0 bridgehead atoms. The molecule has 0 spiro atoms. The Labute approximate surface area is 165 Å². The summed E-state index contributed by atoms with van der Waals surface area (Å²) in [7, 11) is -3.64. The van der Waals surface area contributed by atoms with Gasteiger partial charge in [0.05, 0.1) is 4.90 Å². The van der Waals surface area contributed by atoms with E-state index in [4.69, 9.17) is 0 Å². The van der Waals surface area contributed by atoms with Crippen LogP contribution in [0.15, 0.2) is 29.2 Å². The van der Waals surface area contributed by atoms with Gasteiger partial charge in [-0.2, -0.15) is 0 Å². The molecule has 1 amide bonds. The first-order chi connectivity index (χ1) is 13.4. The van der Waals surface area contributed by atoms with Crippen molar-refractivity contribution >= 4 is 15.9 Å². The predicted molar refractivity (Wildman–Crippen MR) is 106 cm³/mol. The monoisotopic (exact) mass is 405 g/mol. The molecule has 28 heavy (non-hydrogen) atoms. The number of rotatable bonds is 7. The van der Waals surface area contributed by atoms with E-state index in [1.165, 1.54) is 18.6 Å². The molecule has 2 heterocycles. The molecule has 0 atom stereocenters. The second-order valence-corrected chi connectivity index (χ2v) is 9.02. The van der Waals surface area contributed by atoms with Gasteiger partial charge in [0, 0.05) is 37.5 Å². The van der Waals surface area contributed by atoms with Gasteiger partial charge in [-0.15, -0.1) is 10.2 Å². The summed E-state index contributed by atoms with van der Waals surface area (Å²) in [5, 5.41) is 11.4. The van der Waals surface area contributed by atoms with Crippen LogP contribution in [0.5, 0.6) is 0 Å². The zero-order chi connectivity index (χ0) is 20.1. The lowest BCUT2D eigenvalue weighted by atomic mass is 10.2. The molecule has 2 aromatic rings. The SMILES string of the molecule is CC(C)NS(=O)(=O)c1cccc(C(=O)NCCc2nnc3n2CCCCC3)c1. The zero-order valence-corrected chi connectivity index (χ0v) is 17.1. The highest BCUT2D eigenvalue weighted by molar-refractivity contribution is 7.89. The Morgan fingerprint density at radius 1 is 1.21 bits per heavy atom. The first-order valence-corrected chi connectivity index (χ1v) is 11.2. The highest BCUT2D eigenvalue weighted by Crippen LogP contribution is 2.15. The Balaban J connectivity index is 1.62. The van der Waals surface area contributed by atoms with Crippen LogP contribution in [0.1, 0.15) is 55.1 Å². The molecule has 0 aliphatic carbocycles. The maximum absolute atomic E-state index is 12.4. The van der Waals surface area contributed by atoms with Gasteiger partial charge in [0.25, 0.3) is 5.91 Å². The van der Waals surface area contributed by atoms with Crippen molar-refractivity contribution in [1.82, 2.24) is 24.8 Å². The maximum atomic E-state index is 12.4. The minimum Gasteiger partial charge on any atom is -0.352 e. The molecule has 9 heteroatoms. The van der Waals surface area contributed by atoms with Crippen LogP contribution in [-0.2, 0) is 29.4 Å². The number of hydrogen-bond donors (Lipinski definition) is 2. The van der Waals surface area contributed by atoms with E-state index in [2.05, 4.69) is 24.8 Å². The van der Waals surface area contributed by atoms with Gasteiger partial charge in [-0.05, 0) is 44.9 Å². The van der Waals surface area contributed by atoms with Gasteiger partial charge in [0.15, 0.2) is 0 Å². The van der Waals surface area contributed by atoms with Crippen molar-refractivity contribution in [3.63, 3.8) is 0 Å². The Morgan fingerprint density at radius 2 is 2.04 bits per heavy atom. The minimum absolute atomic E-state index is 0.0802. The molecule has 1 aliphatic heterocycles. The van der Waals surface area contributed by atoms with Gasteiger partial charge in [0.1, 0.15) is 11.6 Å². The summed E-state index contributed by atoms with van der Waals surface area (Å²) in [5.41, 5.74) is 0.312. The van der Waals surface area contributed by atoms with Crippen molar-refractivity contribution in [2.75, 3.05) is 6.54 Å². The number of fused-ring (bicyclic) bond motifs is 1. The topological polar surface area (TPSA) is 106 Å². The standard InChI is InChI=1S/C19H27N5O3S/c1-14(2)23-28(26,27)16-8-6-7-15(13-16)19(25)20-11-10-18-22-21-17-9-4-3-5-12-24(17)18/h6-8,13-14,23H,3-5,9-12H2,1-2H3,(H,20,25). The number of aromatic nitrogens is 3. The minimum atomic E-state index is -3.64. The van der Waals surface area contributed by atoms with Crippen LogP contribution in [0.25, 0.3) is 0 Å². The van der Waals surface area contributed by atoms with Crippen LogP contribution < -0.4 is 10.0 Å². The summed E-state index contributed by atoms with van der Waals surface area (Å²) in [6.07, 6.45) is 5.00. The fourth-order valence-electron chi connectivity index (χ4n) is 3.30. The fraction of sp³-hybridized carbons (Fsp3) is 0.526. The van der Waals surface area contributed by atoms with E-state index in [-0.39, 0.29) is 16.8 Å². The summed E-state index contributed by atoms with van der Waals surface area (Å²) in [4.78, 5) is 12.5. The number of amides is 1. The van der Waals surface area contributed by atoms with Gasteiger partial charge < -0.3 is 9.88 Å². The summed E-state index contributed by atoms with van der Waals surface area (Å²) < 4.78 is 29.3. The summed E-state index contributed by atoms with van der Waals surface area (Å²) in [6.45, 7) is 4.84. The first-order valence-electron chi connectivity index (χ1n) is 9.68. The lowest BCUT2D eigenvalue weighted by molar-refractivity contribution is 0.0953. The van der Waals surface area contributed by atoms with Crippen LogP contribution in [-0.4, -0.2) is 41.7 Å². The quantitative estimate of drug-likeness (QED) is 0.729. The third kappa shape index (κ3) is 4.96. The van der Waals surface area contributed by atoms with Crippen molar-refractivity contribution in [3.05, 3.63) is 41.5 Å². The van der Waals surface area contributed by atoms with Crippen molar-refractivity contribution in [3.8, 4) is 0 Å². The Hall–Kier alpha value is -2.26. The van der Waals surface area contributed by atoms with Crippen LogP contribution in [0.3, 0.4) is 0 Å². The number of benzene rings is 1. The first kappa shape index (κ1) is 20.5. The molecule has 0 saturated carbocycles. The second-order valence-electron chi connectivity index (χ2n) is 7.30. The summed E-state index contributed by atoms with van der Waals surface area (Å²) in [5.74, 6) is 1.60. The Morgan fingerprint density at radius 3 is 2.82 bits per heavy atom. The molecule has 0 unspecified atom stereocenters. The highest BCUT2D eigenvalue weighted by atomic mass is 32.2. The predicted octanol–water partition coefficient (Wildman–Crippen LogP) is 1.66. The molecule has 152 valence electrons. The molecule has 2 N–H and O–H groups in total. The molecule has 0 saturated heterocycles. The molecule has 0 fully saturated rings. The smallest absolute Gasteiger partial charge is 0.251 e. The van der Waals surface area contributed by atoms with Crippen LogP contribution in [0, 0.1) is 0 Å². The number of carbonyl (C=O) groups is 1. The van der Waals surface area contributed by atoms with Crippen LogP contribution in [0.4, 0.5) is 0 Å². The zero-order valence-electron chi connectivity index (χ0n) is 16.3. The van der Waals surface area contributed by atoms with Gasteiger partial charge in [0.2, 0.25) is 10.0 Å². The summed E-state index contributed by atoms with van der Waals surface area (Å²) in [6, 6.07) is 5.83.